The van der Waals surface area contributed by atoms with E-state index >= 15 is 0 Å². The van der Waals surface area contributed by atoms with Crippen LogP contribution in [0.15, 0.2) is 36.4 Å². The SMILES string of the molecule is Cc1cccc(CCC(=O)Cc2ccc(Cl)s2)c1. The van der Waals surface area contributed by atoms with Crippen molar-refractivity contribution in [1.29, 1.82) is 0 Å². The van der Waals surface area contributed by atoms with E-state index in [1.807, 2.05) is 18.2 Å². The molecule has 0 fully saturated rings. The molecule has 0 aliphatic rings. The van der Waals surface area contributed by atoms with Crippen molar-refractivity contribution in [3.8, 4) is 0 Å². The predicted molar refractivity (Wildman–Crippen MR) is 77.5 cm³/mol. The first-order valence-electron chi connectivity index (χ1n) is 5.95. The Labute approximate surface area is 116 Å². The van der Waals surface area contributed by atoms with Gasteiger partial charge in [-0.3, -0.25) is 4.79 Å². The number of ketones is 1. The number of Topliss-reactive ketones (excluding diaryl/α,β-unsaturated/α-hetero) is 1. The van der Waals surface area contributed by atoms with Crippen molar-refractivity contribution in [3.05, 3.63) is 56.7 Å². The molecule has 2 aromatic rings. The lowest BCUT2D eigenvalue weighted by Gasteiger charge is -2.02. The second-order valence-corrected chi connectivity index (χ2v) is 6.21. The summed E-state index contributed by atoms with van der Waals surface area (Å²) < 4.78 is 0.747. The minimum Gasteiger partial charge on any atom is -0.299 e. The lowest BCUT2D eigenvalue weighted by Crippen LogP contribution is -2.03. The number of carbonyl (C=O) groups is 1. The maximum Gasteiger partial charge on any atom is 0.138 e. The first-order chi connectivity index (χ1) is 8.63. The predicted octanol–water partition coefficient (Wildman–Crippen LogP) is 4.45. The van der Waals surface area contributed by atoms with Gasteiger partial charge in [-0.25, -0.2) is 0 Å². The van der Waals surface area contributed by atoms with Gasteiger partial charge in [0.2, 0.25) is 0 Å². The molecule has 3 heteroatoms. The maximum absolute atomic E-state index is 11.8. The fraction of sp³-hybridized carbons (Fsp3) is 0.267. The third-order valence-electron chi connectivity index (χ3n) is 2.78. The Bertz CT molecular complexity index is 545. The monoisotopic (exact) mass is 278 g/mol. The van der Waals surface area contributed by atoms with Crippen molar-refractivity contribution in [2.24, 2.45) is 0 Å². The lowest BCUT2D eigenvalue weighted by atomic mass is 10.0. The molecule has 0 saturated carbocycles. The van der Waals surface area contributed by atoms with Gasteiger partial charge in [0.05, 0.1) is 4.34 Å². The van der Waals surface area contributed by atoms with Crippen LogP contribution >= 0.6 is 22.9 Å². The summed E-state index contributed by atoms with van der Waals surface area (Å²) >= 11 is 7.33. The molecule has 0 atom stereocenters. The number of thiophene rings is 1. The molecule has 1 nitrogen and oxygen atoms in total. The van der Waals surface area contributed by atoms with Crippen LogP contribution in [-0.4, -0.2) is 5.78 Å². The van der Waals surface area contributed by atoms with E-state index < -0.39 is 0 Å². The Balaban J connectivity index is 1.85. The van der Waals surface area contributed by atoms with E-state index in [1.165, 1.54) is 22.5 Å². The topological polar surface area (TPSA) is 17.1 Å². The number of rotatable bonds is 5. The first kappa shape index (κ1) is 13.3. The van der Waals surface area contributed by atoms with E-state index in [2.05, 4.69) is 25.1 Å². The van der Waals surface area contributed by atoms with Gasteiger partial charge in [0.1, 0.15) is 5.78 Å². The molecule has 0 radical (unpaired) electrons. The summed E-state index contributed by atoms with van der Waals surface area (Å²) in [7, 11) is 0. The van der Waals surface area contributed by atoms with Crippen LogP contribution in [-0.2, 0) is 17.6 Å². The highest BCUT2D eigenvalue weighted by atomic mass is 35.5. The molecule has 0 N–H and O–H groups in total. The molecule has 94 valence electrons. The molecule has 2 rings (SSSR count). The van der Waals surface area contributed by atoms with E-state index in [-0.39, 0.29) is 5.78 Å². The fourth-order valence-corrected chi connectivity index (χ4v) is 3.00. The largest absolute Gasteiger partial charge is 0.299 e. The number of hydrogen-bond donors (Lipinski definition) is 0. The smallest absolute Gasteiger partial charge is 0.138 e. The van der Waals surface area contributed by atoms with Crippen LogP contribution in [0, 0.1) is 6.92 Å². The zero-order valence-electron chi connectivity index (χ0n) is 10.3. The Morgan fingerprint density at radius 3 is 2.78 bits per heavy atom. The average molecular weight is 279 g/mol. The number of aryl methyl sites for hydroxylation is 2. The molecule has 0 aliphatic carbocycles. The standard InChI is InChI=1S/C15H15ClOS/c1-11-3-2-4-12(9-11)5-6-13(17)10-14-7-8-15(16)18-14/h2-4,7-9H,5-6,10H2,1H3. The van der Waals surface area contributed by atoms with Crippen molar-refractivity contribution < 1.29 is 4.79 Å². The van der Waals surface area contributed by atoms with E-state index in [0.717, 1.165) is 15.6 Å². The van der Waals surface area contributed by atoms with Crippen LogP contribution in [0.3, 0.4) is 0 Å². The second kappa shape index (κ2) is 6.17. The second-order valence-electron chi connectivity index (χ2n) is 4.41. The average Bonchev–Trinajstić information content (AvgIpc) is 2.72. The quantitative estimate of drug-likeness (QED) is 0.789. The minimum atomic E-state index is 0.273. The molecule has 0 amide bonds. The summed E-state index contributed by atoms with van der Waals surface area (Å²) in [5.74, 6) is 0.273. The highest BCUT2D eigenvalue weighted by Crippen LogP contribution is 2.22. The van der Waals surface area contributed by atoms with E-state index in [9.17, 15) is 4.79 Å². The van der Waals surface area contributed by atoms with Crippen molar-refractivity contribution in [1.82, 2.24) is 0 Å². The molecule has 0 aliphatic heterocycles. The van der Waals surface area contributed by atoms with Crippen molar-refractivity contribution >= 4 is 28.7 Å². The number of benzene rings is 1. The third kappa shape index (κ3) is 3.97. The molecule has 0 saturated heterocycles. The van der Waals surface area contributed by atoms with Crippen LogP contribution in [0.25, 0.3) is 0 Å². The third-order valence-corrected chi connectivity index (χ3v) is 4.01. The highest BCUT2D eigenvalue weighted by molar-refractivity contribution is 7.16. The number of halogens is 1. The minimum absolute atomic E-state index is 0.273. The van der Waals surface area contributed by atoms with Gasteiger partial charge in [-0.2, -0.15) is 0 Å². The van der Waals surface area contributed by atoms with Gasteiger partial charge < -0.3 is 0 Å². The summed E-state index contributed by atoms with van der Waals surface area (Å²) in [6.07, 6.45) is 1.92. The zero-order valence-corrected chi connectivity index (χ0v) is 11.9. The van der Waals surface area contributed by atoms with E-state index in [1.54, 1.807) is 0 Å². The zero-order chi connectivity index (χ0) is 13.0. The number of carbonyl (C=O) groups excluding carboxylic acids is 1. The van der Waals surface area contributed by atoms with Gasteiger partial charge in [0.25, 0.3) is 0 Å². The van der Waals surface area contributed by atoms with E-state index in [4.69, 9.17) is 11.6 Å². The summed E-state index contributed by atoms with van der Waals surface area (Å²) in [5.41, 5.74) is 2.47. The van der Waals surface area contributed by atoms with Crippen molar-refractivity contribution in [3.63, 3.8) is 0 Å². The van der Waals surface area contributed by atoms with Gasteiger partial charge >= 0.3 is 0 Å². The summed E-state index contributed by atoms with van der Waals surface area (Å²) in [6, 6.07) is 12.1. The van der Waals surface area contributed by atoms with Crippen LogP contribution in [0.5, 0.6) is 0 Å². The van der Waals surface area contributed by atoms with Gasteiger partial charge in [-0.15, -0.1) is 11.3 Å². The molecule has 0 bridgehead atoms. The van der Waals surface area contributed by atoms with Gasteiger partial charge in [0.15, 0.2) is 0 Å². The summed E-state index contributed by atoms with van der Waals surface area (Å²) in [4.78, 5) is 12.9. The van der Waals surface area contributed by atoms with Gasteiger partial charge in [0, 0.05) is 17.7 Å². The number of hydrogen-bond acceptors (Lipinski definition) is 2. The van der Waals surface area contributed by atoms with Crippen molar-refractivity contribution in [2.75, 3.05) is 0 Å². The fourth-order valence-electron chi connectivity index (χ4n) is 1.88. The molecule has 0 unspecified atom stereocenters. The van der Waals surface area contributed by atoms with Gasteiger partial charge in [-0.05, 0) is 31.0 Å². The Hall–Kier alpha value is -1.12. The first-order valence-corrected chi connectivity index (χ1v) is 7.14. The molecule has 1 aromatic heterocycles. The molecule has 1 heterocycles. The van der Waals surface area contributed by atoms with Crippen LogP contribution < -0.4 is 0 Å². The molecule has 18 heavy (non-hydrogen) atoms. The summed E-state index contributed by atoms with van der Waals surface area (Å²) in [6.45, 7) is 2.07. The highest BCUT2D eigenvalue weighted by Gasteiger charge is 2.06. The van der Waals surface area contributed by atoms with Crippen molar-refractivity contribution in [2.45, 2.75) is 26.2 Å². The normalized spacial score (nSPS) is 10.6. The van der Waals surface area contributed by atoms with Crippen LogP contribution in [0.2, 0.25) is 4.34 Å². The maximum atomic E-state index is 11.8. The molecule has 0 spiro atoms. The van der Waals surface area contributed by atoms with Crippen LogP contribution in [0.1, 0.15) is 22.4 Å². The lowest BCUT2D eigenvalue weighted by molar-refractivity contribution is -0.118. The Kier molecular flexibility index (Phi) is 4.56. The Morgan fingerprint density at radius 1 is 1.28 bits per heavy atom. The molecular formula is C15H15ClOS. The Morgan fingerprint density at radius 2 is 2.11 bits per heavy atom. The summed E-state index contributed by atoms with van der Waals surface area (Å²) in [5, 5.41) is 0. The molecule has 1 aromatic carbocycles. The van der Waals surface area contributed by atoms with E-state index in [0.29, 0.717) is 12.8 Å². The molecular weight excluding hydrogens is 264 g/mol. The van der Waals surface area contributed by atoms with Crippen LogP contribution in [0.4, 0.5) is 0 Å². The van der Waals surface area contributed by atoms with Gasteiger partial charge in [-0.1, -0.05) is 41.4 Å².